The van der Waals surface area contributed by atoms with Crippen LogP contribution in [0.15, 0.2) is 0 Å². The molecule has 11 N–H and O–H groups in total. The lowest BCUT2D eigenvalue weighted by atomic mass is 9.96. The molecule has 0 aliphatic carbocycles. The van der Waals surface area contributed by atoms with Crippen molar-refractivity contribution in [2.45, 2.75) is 86.1 Å². The first-order valence-corrected chi connectivity index (χ1v) is 10.4. The van der Waals surface area contributed by atoms with E-state index < -0.39 is 106 Å². The molecule has 2 aliphatic rings. The van der Waals surface area contributed by atoms with Gasteiger partial charge >= 0.3 is 0 Å². The number of aliphatic hydroxyl groups is 11. The maximum absolute atomic E-state index is 10.7. The molecule has 15 nitrogen and oxygen atoms in total. The molecular formula is C18H34O15. The van der Waals surface area contributed by atoms with E-state index >= 15 is 0 Å². The van der Waals surface area contributed by atoms with E-state index in [0.717, 1.165) is 0 Å². The molecule has 2 fully saturated rings. The minimum Gasteiger partial charge on any atom is -0.394 e. The van der Waals surface area contributed by atoms with E-state index in [2.05, 4.69) is 0 Å². The van der Waals surface area contributed by atoms with Crippen molar-refractivity contribution in [2.24, 2.45) is 0 Å². The van der Waals surface area contributed by atoms with Gasteiger partial charge in [-0.1, -0.05) is 0 Å². The zero-order chi connectivity index (χ0) is 24.9. The summed E-state index contributed by atoms with van der Waals surface area (Å²) in [7, 11) is 0. The molecule has 0 aromatic heterocycles. The van der Waals surface area contributed by atoms with Gasteiger partial charge in [0, 0.05) is 6.42 Å². The first kappa shape index (κ1) is 28.6. The summed E-state index contributed by atoms with van der Waals surface area (Å²) in [4.78, 5) is 0. The molecule has 0 radical (unpaired) electrons. The van der Waals surface area contributed by atoms with E-state index in [-0.39, 0.29) is 6.42 Å². The standard InChI is InChI=1S/C18H34O15/c19-2-6(23)1-8(7(24)3-20)30-18-15(29)16(12(26)10(5-22)32-18)33-17-14(28)13(27)11(25)9(4-21)31-17/h6-29H,1-5H2/t6-,7+,8-,9+,10+,11+,12+,13-,14+,15+,16-,17?,18?/m0/s1. The number of aliphatic hydroxyl groups excluding tert-OH is 11. The lowest BCUT2D eigenvalue weighted by Gasteiger charge is -2.46. The van der Waals surface area contributed by atoms with E-state index in [1.54, 1.807) is 0 Å². The lowest BCUT2D eigenvalue weighted by molar-refractivity contribution is -0.366. The van der Waals surface area contributed by atoms with Crippen LogP contribution in [0, 0.1) is 0 Å². The third-order valence-electron chi connectivity index (χ3n) is 5.60. The second-order valence-electron chi connectivity index (χ2n) is 8.00. The average Bonchev–Trinajstić information content (AvgIpc) is 2.81. The van der Waals surface area contributed by atoms with Gasteiger partial charge in [-0.15, -0.1) is 0 Å². The molecule has 0 spiro atoms. The third-order valence-corrected chi connectivity index (χ3v) is 5.60. The quantitative estimate of drug-likeness (QED) is 0.129. The Bertz CT molecular complexity index is 567. The van der Waals surface area contributed by atoms with Crippen molar-refractivity contribution in [2.75, 3.05) is 26.4 Å². The molecule has 2 aliphatic heterocycles. The fourth-order valence-electron chi connectivity index (χ4n) is 3.60. The first-order chi connectivity index (χ1) is 15.6. The van der Waals surface area contributed by atoms with Crippen molar-refractivity contribution in [3.63, 3.8) is 0 Å². The maximum Gasteiger partial charge on any atom is 0.187 e. The second-order valence-corrected chi connectivity index (χ2v) is 8.00. The highest BCUT2D eigenvalue weighted by Gasteiger charge is 2.51. The second kappa shape index (κ2) is 12.9. The van der Waals surface area contributed by atoms with Crippen LogP contribution in [0.5, 0.6) is 0 Å². The minimum absolute atomic E-state index is 0.380. The molecule has 196 valence electrons. The van der Waals surface area contributed by atoms with Crippen molar-refractivity contribution in [1.82, 2.24) is 0 Å². The molecule has 15 heteroatoms. The van der Waals surface area contributed by atoms with Crippen molar-refractivity contribution < 1.29 is 75.1 Å². The number of ether oxygens (including phenoxy) is 4. The van der Waals surface area contributed by atoms with Crippen molar-refractivity contribution in [3.8, 4) is 0 Å². The predicted octanol–water partition coefficient (Wildman–Crippen LogP) is -6.91. The molecule has 2 heterocycles. The lowest BCUT2D eigenvalue weighted by Crippen LogP contribution is -2.65. The Morgan fingerprint density at radius 1 is 0.667 bits per heavy atom. The normalized spacial score (nSPS) is 42.6. The summed E-state index contributed by atoms with van der Waals surface area (Å²) in [6, 6.07) is 0. The molecule has 33 heavy (non-hydrogen) atoms. The summed E-state index contributed by atoms with van der Waals surface area (Å²) in [5.41, 5.74) is 0. The molecule has 0 amide bonds. The van der Waals surface area contributed by atoms with Crippen LogP contribution in [0.1, 0.15) is 6.42 Å². The SMILES string of the molecule is OC[C@@H](O)C[C@H](OC1O[C@H](CO)[C@@H](O)[C@H](OC2O[C@H](CO)[C@@H](O)[C@H](O)[C@H]2O)[C@H]1O)[C@H](O)CO. The Morgan fingerprint density at radius 3 is 1.79 bits per heavy atom. The topological polar surface area (TPSA) is 259 Å². The zero-order valence-corrected chi connectivity index (χ0v) is 17.6. The molecule has 2 rings (SSSR count). The molecular weight excluding hydrogens is 456 g/mol. The van der Waals surface area contributed by atoms with Crippen LogP contribution in [0.3, 0.4) is 0 Å². The van der Waals surface area contributed by atoms with Crippen molar-refractivity contribution >= 4 is 0 Å². The van der Waals surface area contributed by atoms with Gasteiger partial charge in [0.1, 0.15) is 54.9 Å². The molecule has 0 aromatic rings. The van der Waals surface area contributed by atoms with Crippen LogP contribution in [-0.2, 0) is 18.9 Å². The van der Waals surface area contributed by atoms with Gasteiger partial charge in [0.05, 0.1) is 38.6 Å². The van der Waals surface area contributed by atoms with E-state index in [4.69, 9.17) is 24.1 Å². The highest BCUT2D eigenvalue weighted by atomic mass is 16.7. The van der Waals surface area contributed by atoms with E-state index in [9.17, 15) is 51.1 Å². The predicted molar refractivity (Wildman–Crippen MR) is 102 cm³/mol. The Labute approximate surface area is 188 Å². The Hall–Kier alpha value is -0.600. The summed E-state index contributed by atoms with van der Waals surface area (Å²) in [6.07, 6.45) is -21.4. The van der Waals surface area contributed by atoms with Crippen LogP contribution in [-0.4, -0.2) is 162 Å². The molecule has 0 bridgehead atoms. The summed E-state index contributed by atoms with van der Waals surface area (Å²) < 4.78 is 21.4. The fraction of sp³-hybridized carbons (Fsp3) is 1.00. The minimum atomic E-state index is -1.85. The van der Waals surface area contributed by atoms with Gasteiger partial charge < -0.3 is 75.1 Å². The number of hydrogen-bond donors (Lipinski definition) is 11. The number of rotatable bonds is 11. The number of hydrogen-bond acceptors (Lipinski definition) is 15. The van der Waals surface area contributed by atoms with Gasteiger partial charge in [-0.05, 0) is 0 Å². The summed E-state index contributed by atoms with van der Waals surface area (Å²) >= 11 is 0. The van der Waals surface area contributed by atoms with Crippen LogP contribution < -0.4 is 0 Å². The van der Waals surface area contributed by atoms with Crippen molar-refractivity contribution in [1.29, 1.82) is 0 Å². The zero-order valence-electron chi connectivity index (χ0n) is 17.6. The molecule has 13 atom stereocenters. The summed E-state index contributed by atoms with van der Waals surface area (Å²) in [6.45, 7) is -3.02. The van der Waals surface area contributed by atoms with Gasteiger partial charge in [0.25, 0.3) is 0 Å². The van der Waals surface area contributed by atoms with E-state index in [1.807, 2.05) is 0 Å². The Kier molecular flexibility index (Phi) is 11.2. The molecule has 0 saturated carbocycles. The molecule has 2 unspecified atom stereocenters. The Morgan fingerprint density at radius 2 is 1.24 bits per heavy atom. The summed E-state index contributed by atoms with van der Waals surface area (Å²) in [5.74, 6) is 0. The van der Waals surface area contributed by atoms with Crippen LogP contribution >= 0.6 is 0 Å². The Balaban J connectivity index is 2.20. The average molecular weight is 490 g/mol. The highest BCUT2D eigenvalue weighted by Crippen LogP contribution is 2.30. The smallest absolute Gasteiger partial charge is 0.187 e. The van der Waals surface area contributed by atoms with Crippen LogP contribution in [0.2, 0.25) is 0 Å². The third kappa shape index (κ3) is 6.75. The van der Waals surface area contributed by atoms with E-state index in [1.165, 1.54) is 0 Å². The van der Waals surface area contributed by atoms with Gasteiger partial charge in [0.2, 0.25) is 0 Å². The van der Waals surface area contributed by atoms with E-state index in [0.29, 0.717) is 0 Å². The highest BCUT2D eigenvalue weighted by molar-refractivity contribution is 4.94. The molecule has 0 aromatic carbocycles. The van der Waals surface area contributed by atoms with Gasteiger partial charge in [0.15, 0.2) is 12.6 Å². The van der Waals surface area contributed by atoms with Crippen LogP contribution in [0.25, 0.3) is 0 Å². The van der Waals surface area contributed by atoms with Gasteiger partial charge in [-0.25, -0.2) is 0 Å². The monoisotopic (exact) mass is 490 g/mol. The van der Waals surface area contributed by atoms with Crippen molar-refractivity contribution in [3.05, 3.63) is 0 Å². The fourth-order valence-corrected chi connectivity index (χ4v) is 3.60. The summed E-state index contributed by atoms with van der Waals surface area (Å²) in [5, 5.41) is 108. The maximum atomic E-state index is 10.7. The van der Waals surface area contributed by atoms with Gasteiger partial charge in [-0.2, -0.15) is 0 Å². The van der Waals surface area contributed by atoms with Gasteiger partial charge in [-0.3, -0.25) is 0 Å². The van der Waals surface area contributed by atoms with Crippen LogP contribution in [0.4, 0.5) is 0 Å². The molecule has 2 saturated heterocycles. The first-order valence-electron chi connectivity index (χ1n) is 10.4. The largest absolute Gasteiger partial charge is 0.394 e.